The second kappa shape index (κ2) is 10.7. The van der Waals surface area contributed by atoms with Gasteiger partial charge in [-0.25, -0.2) is 19.8 Å². The molecule has 11 heteroatoms. The van der Waals surface area contributed by atoms with Gasteiger partial charge in [0.05, 0.1) is 26.1 Å². The molecule has 0 spiro atoms. The standard InChI is InChI=1S/C25H26N6O5/c1-15-5-8-18(24(32)30-35-4)11-20(15)28-23-22-16(2)21(12-31(22)27-14-26-23)29-25(33)36-13-17-6-9-19(34-3)10-7-17/h5-12,14H,13H2,1-4H3,(H,29,33)(H,30,32)(H,26,27,28). The first-order valence-corrected chi connectivity index (χ1v) is 11.0. The molecule has 0 aliphatic heterocycles. The Morgan fingerprint density at radius 2 is 1.81 bits per heavy atom. The first-order chi connectivity index (χ1) is 17.4. The van der Waals surface area contributed by atoms with Crippen molar-refractivity contribution in [2.75, 3.05) is 24.9 Å². The number of amides is 2. The van der Waals surface area contributed by atoms with Crippen LogP contribution < -0.4 is 20.9 Å². The van der Waals surface area contributed by atoms with E-state index in [9.17, 15) is 9.59 Å². The molecule has 0 aliphatic carbocycles. The fourth-order valence-corrected chi connectivity index (χ4v) is 3.57. The predicted octanol–water partition coefficient (Wildman–Crippen LogP) is 4.14. The molecule has 36 heavy (non-hydrogen) atoms. The normalized spacial score (nSPS) is 10.7. The lowest BCUT2D eigenvalue weighted by molar-refractivity contribution is 0.0537. The minimum absolute atomic E-state index is 0.112. The van der Waals surface area contributed by atoms with Crippen molar-refractivity contribution in [2.24, 2.45) is 0 Å². The van der Waals surface area contributed by atoms with Crippen LogP contribution in [0.25, 0.3) is 5.52 Å². The largest absolute Gasteiger partial charge is 0.497 e. The second-order valence-electron chi connectivity index (χ2n) is 7.91. The van der Waals surface area contributed by atoms with Crippen LogP contribution >= 0.6 is 0 Å². The SMILES string of the molecule is CONC(=O)c1ccc(C)c(Nc2ncnn3cc(NC(=O)OCc4ccc(OC)cc4)c(C)c23)c1. The molecule has 2 aromatic heterocycles. The number of hydrogen-bond donors (Lipinski definition) is 3. The van der Waals surface area contributed by atoms with Crippen molar-refractivity contribution >= 4 is 34.7 Å². The van der Waals surface area contributed by atoms with Crippen molar-refractivity contribution in [3.8, 4) is 5.75 Å². The van der Waals surface area contributed by atoms with E-state index in [-0.39, 0.29) is 12.5 Å². The van der Waals surface area contributed by atoms with Crippen LogP contribution in [-0.2, 0) is 16.2 Å². The third-order valence-corrected chi connectivity index (χ3v) is 5.54. The summed E-state index contributed by atoms with van der Waals surface area (Å²) in [5.74, 6) is 0.867. The van der Waals surface area contributed by atoms with E-state index in [1.54, 1.807) is 42.1 Å². The van der Waals surface area contributed by atoms with Gasteiger partial charge in [-0.2, -0.15) is 5.10 Å². The van der Waals surface area contributed by atoms with E-state index in [4.69, 9.17) is 14.3 Å². The Morgan fingerprint density at radius 3 is 2.53 bits per heavy atom. The van der Waals surface area contributed by atoms with Gasteiger partial charge in [0.15, 0.2) is 5.82 Å². The van der Waals surface area contributed by atoms with Gasteiger partial charge in [-0.3, -0.25) is 14.9 Å². The molecule has 186 valence electrons. The molecule has 0 unspecified atom stereocenters. The number of ether oxygens (including phenoxy) is 2. The smallest absolute Gasteiger partial charge is 0.412 e. The van der Waals surface area contributed by atoms with Crippen molar-refractivity contribution in [3.05, 3.63) is 77.2 Å². The Kier molecular flexibility index (Phi) is 7.31. The zero-order valence-electron chi connectivity index (χ0n) is 20.3. The molecular formula is C25H26N6O5. The fraction of sp³-hybridized carbons (Fsp3) is 0.200. The maximum Gasteiger partial charge on any atom is 0.412 e. The molecule has 3 N–H and O–H groups in total. The number of aromatic nitrogens is 3. The highest BCUT2D eigenvalue weighted by Gasteiger charge is 2.17. The number of methoxy groups -OCH3 is 1. The van der Waals surface area contributed by atoms with E-state index >= 15 is 0 Å². The number of carbonyl (C=O) groups is 2. The molecule has 4 rings (SSSR count). The Labute approximate surface area is 207 Å². The fourth-order valence-electron chi connectivity index (χ4n) is 3.57. The molecule has 4 aromatic rings. The molecule has 2 amide bonds. The first-order valence-electron chi connectivity index (χ1n) is 11.0. The summed E-state index contributed by atoms with van der Waals surface area (Å²) < 4.78 is 12.1. The van der Waals surface area contributed by atoms with Gasteiger partial charge in [-0.15, -0.1) is 0 Å². The van der Waals surface area contributed by atoms with E-state index in [1.165, 1.54) is 13.4 Å². The minimum Gasteiger partial charge on any atom is -0.497 e. The van der Waals surface area contributed by atoms with E-state index in [2.05, 4.69) is 26.2 Å². The Bertz CT molecular complexity index is 1400. The summed E-state index contributed by atoms with van der Waals surface area (Å²) in [5.41, 5.74) is 7.09. The Morgan fingerprint density at radius 1 is 1.03 bits per heavy atom. The van der Waals surface area contributed by atoms with Crippen molar-refractivity contribution in [3.63, 3.8) is 0 Å². The molecule has 0 bridgehead atoms. The van der Waals surface area contributed by atoms with Gasteiger partial charge < -0.3 is 14.8 Å². The number of benzene rings is 2. The molecule has 2 aromatic carbocycles. The monoisotopic (exact) mass is 490 g/mol. The molecule has 2 heterocycles. The summed E-state index contributed by atoms with van der Waals surface area (Å²) >= 11 is 0. The Balaban J connectivity index is 1.52. The molecule has 0 saturated heterocycles. The van der Waals surface area contributed by atoms with Crippen molar-refractivity contribution in [1.29, 1.82) is 0 Å². The zero-order valence-corrected chi connectivity index (χ0v) is 20.3. The van der Waals surface area contributed by atoms with E-state index < -0.39 is 6.09 Å². The summed E-state index contributed by atoms with van der Waals surface area (Å²) in [4.78, 5) is 33.7. The Hall–Kier alpha value is -4.64. The van der Waals surface area contributed by atoms with Gasteiger partial charge in [0, 0.05) is 16.8 Å². The molecular weight excluding hydrogens is 464 g/mol. The number of anilines is 3. The van der Waals surface area contributed by atoms with Crippen LogP contribution in [0, 0.1) is 13.8 Å². The lowest BCUT2D eigenvalue weighted by Crippen LogP contribution is -2.21. The van der Waals surface area contributed by atoms with Crippen molar-refractivity contribution in [2.45, 2.75) is 20.5 Å². The van der Waals surface area contributed by atoms with Crippen LogP contribution in [0.4, 0.5) is 22.0 Å². The lowest BCUT2D eigenvalue weighted by Gasteiger charge is -2.12. The van der Waals surface area contributed by atoms with E-state index in [0.29, 0.717) is 28.3 Å². The predicted molar refractivity (Wildman–Crippen MR) is 133 cm³/mol. The van der Waals surface area contributed by atoms with Crippen molar-refractivity contribution < 1.29 is 23.9 Å². The number of hydroxylamine groups is 1. The van der Waals surface area contributed by atoms with Gasteiger partial charge >= 0.3 is 6.09 Å². The quantitative estimate of drug-likeness (QED) is 0.315. The number of hydrogen-bond acceptors (Lipinski definition) is 8. The van der Waals surface area contributed by atoms with Crippen LogP contribution in [-0.4, -0.2) is 40.8 Å². The summed E-state index contributed by atoms with van der Waals surface area (Å²) in [6.45, 7) is 3.87. The van der Waals surface area contributed by atoms with Gasteiger partial charge in [-0.1, -0.05) is 18.2 Å². The maximum absolute atomic E-state index is 12.4. The van der Waals surface area contributed by atoms with Crippen LogP contribution in [0.15, 0.2) is 55.0 Å². The van der Waals surface area contributed by atoms with Crippen LogP contribution in [0.1, 0.15) is 27.0 Å². The van der Waals surface area contributed by atoms with Gasteiger partial charge in [-0.05, 0) is 49.2 Å². The highest BCUT2D eigenvalue weighted by molar-refractivity contribution is 5.95. The average molecular weight is 491 g/mol. The highest BCUT2D eigenvalue weighted by Crippen LogP contribution is 2.29. The zero-order chi connectivity index (χ0) is 25.7. The van der Waals surface area contributed by atoms with Crippen LogP contribution in [0.3, 0.4) is 0 Å². The van der Waals surface area contributed by atoms with E-state index in [0.717, 1.165) is 22.4 Å². The number of nitrogens with one attached hydrogen (secondary N) is 3. The second-order valence-corrected chi connectivity index (χ2v) is 7.91. The summed E-state index contributed by atoms with van der Waals surface area (Å²) in [6.07, 6.45) is 2.48. The third-order valence-electron chi connectivity index (χ3n) is 5.54. The number of aryl methyl sites for hydroxylation is 2. The van der Waals surface area contributed by atoms with Crippen LogP contribution in [0.5, 0.6) is 5.75 Å². The summed E-state index contributed by atoms with van der Waals surface area (Å²) in [5, 5.41) is 10.3. The van der Waals surface area contributed by atoms with Gasteiger partial charge in [0.1, 0.15) is 24.2 Å². The van der Waals surface area contributed by atoms with Gasteiger partial charge in [0.2, 0.25) is 0 Å². The maximum atomic E-state index is 12.4. The topological polar surface area (TPSA) is 128 Å². The third kappa shape index (κ3) is 5.36. The molecule has 0 aliphatic rings. The van der Waals surface area contributed by atoms with E-state index in [1.807, 2.05) is 32.0 Å². The number of fused-ring (bicyclic) bond motifs is 1. The first kappa shape index (κ1) is 24.5. The minimum atomic E-state index is -0.597. The molecule has 0 atom stereocenters. The molecule has 0 fully saturated rings. The number of nitrogens with zero attached hydrogens (tertiary/aromatic N) is 3. The molecule has 0 saturated carbocycles. The molecule has 11 nitrogen and oxygen atoms in total. The average Bonchev–Trinajstić information content (AvgIpc) is 3.20. The van der Waals surface area contributed by atoms with Crippen LogP contribution in [0.2, 0.25) is 0 Å². The molecule has 0 radical (unpaired) electrons. The number of carbonyl (C=O) groups excluding carboxylic acids is 2. The van der Waals surface area contributed by atoms with Gasteiger partial charge in [0.25, 0.3) is 5.91 Å². The summed E-state index contributed by atoms with van der Waals surface area (Å²) in [7, 11) is 2.97. The number of rotatable bonds is 8. The summed E-state index contributed by atoms with van der Waals surface area (Å²) in [6, 6.07) is 12.5. The van der Waals surface area contributed by atoms with Crippen molar-refractivity contribution in [1.82, 2.24) is 20.1 Å². The lowest BCUT2D eigenvalue weighted by atomic mass is 10.1. The highest BCUT2D eigenvalue weighted by atomic mass is 16.6.